The van der Waals surface area contributed by atoms with Gasteiger partial charge in [0, 0.05) is 18.2 Å². The molecule has 108 valence electrons. The number of carbonyl (C=O) groups is 1. The molecule has 0 saturated heterocycles. The van der Waals surface area contributed by atoms with Crippen LogP contribution in [-0.4, -0.2) is 16.9 Å². The molecule has 5 heteroatoms. The van der Waals surface area contributed by atoms with E-state index in [4.69, 9.17) is 0 Å². The van der Waals surface area contributed by atoms with E-state index in [0.29, 0.717) is 5.92 Å². The van der Waals surface area contributed by atoms with Gasteiger partial charge in [0.2, 0.25) is 5.91 Å². The molecule has 1 aromatic carbocycles. The first-order chi connectivity index (χ1) is 9.56. The number of amides is 1. The first-order valence-corrected chi connectivity index (χ1v) is 7.09. The van der Waals surface area contributed by atoms with Crippen LogP contribution in [-0.2, 0) is 11.2 Å². The lowest BCUT2D eigenvalue weighted by atomic mass is 9.86. The third kappa shape index (κ3) is 3.79. The van der Waals surface area contributed by atoms with Crippen molar-refractivity contribution >= 4 is 11.6 Å². The van der Waals surface area contributed by atoms with Gasteiger partial charge in [0.1, 0.15) is 0 Å². The second-order valence-electron chi connectivity index (χ2n) is 5.54. The molecule has 2 rings (SSSR count). The fraction of sp³-hybridized carbons (Fsp3) is 0.533. The summed E-state index contributed by atoms with van der Waals surface area (Å²) >= 11 is 0. The Morgan fingerprint density at radius 1 is 1.30 bits per heavy atom. The lowest BCUT2D eigenvalue weighted by molar-refractivity contribution is -0.384. The van der Waals surface area contributed by atoms with E-state index in [1.54, 1.807) is 12.1 Å². The lowest BCUT2D eigenvalue weighted by Crippen LogP contribution is -2.41. The molecule has 1 N–H and O–H groups in total. The number of hydrogen-bond donors (Lipinski definition) is 1. The number of nitro groups is 1. The Kier molecular flexibility index (Phi) is 4.71. The van der Waals surface area contributed by atoms with E-state index in [-0.39, 0.29) is 24.1 Å². The molecule has 2 unspecified atom stereocenters. The number of rotatable bonds is 4. The van der Waals surface area contributed by atoms with Crippen LogP contribution in [0.2, 0.25) is 0 Å². The number of nitrogens with zero attached hydrogens (tertiary/aromatic N) is 1. The number of hydrogen-bond acceptors (Lipinski definition) is 3. The fourth-order valence-electron chi connectivity index (χ4n) is 2.71. The highest BCUT2D eigenvalue weighted by Gasteiger charge is 2.22. The van der Waals surface area contributed by atoms with Crippen molar-refractivity contribution < 1.29 is 9.72 Å². The predicted octanol–water partition coefficient (Wildman–Crippen LogP) is 2.83. The molecule has 0 radical (unpaired) electrons. The number of carbonyl (C=O) groups excluding carboxylic acids is 1. The van der Waals surface area contributed by atoms with Gasteiger partial charge in [0.15, 0.2) is 0 Å². The maximum absolute atomic E-state index is 12.0. The Morgan fingerprint density at radius 2 is 1.95 bits per heavy atom. The Labute approximate surface area is 118 Å². The summed E-state index contributed by atoms with van der Waals surface area (Å²) in [4.78, 5) is 22.1. The molecule has 5 nitrogen and oxygen atoms in total. The van der Waals surface area contributed by atoms with Crippen molar-refractivity contribution in [1.82, 2.24) is 5.32 Å². The van der Waals surface area contributed by atoms with E-state index < -0.39 is 4.92 Å². The van der Waals surface area contributed by atoms with E-state index >= 15 is 0 Å². The van der Waals surface area contributed by atoms with Gasteiger partial charge >= 0.3 is 0 Å². The molecule has 0 aromatic heterocycles. The molecule has 1 aromatic rings. The Hall–Kier alpha value is -1.91. The molecule has 0 spiro atoms. The minimum Gasteiger partial charge on any atom is -0.353 e. The fourth-order valence-corrected chi connectivity index (χ4v) is 2.71. The monoisotopic (exact) mass is 276 g/mol. The van der Waals surface area contributed by atoms with Gasteiger partial charge in [0.05, 0.1) is 11.3 Å². The molecule has 20 heavy (non-hydrogen) atoms. The van der Waals surface area contributed by atoms with Gasteiger partial charge < -0.3 is 5.32 Å². The van der Waals surface area contributed by atoms with Crippen molar-refractivity contribution in [1.29, 1.82) is 0 Å². The van der Waals surface area contributed by atoms with Crippen LogP contribution in [0.15, 0.2) is 24.3 Å². The molecule has 1 saturated carbocycles. The van der Waals surface area contributed by atoms with Crippen molar-refractivity contribution in [2.45, 2.75) is 45.1 Å². The van der Waals surface area contributed by atoms with Gasteiger partial charge in [-0.05, 0) is 24.3 Å². The van der Waals surface area contributed by atoms with Crippen LogP contribution in [0.5, 0.6) is 0 Å². The zero-order valence-corrected chi connectivity index (χ0v) is 11.7. The third-order valence-electron chi connectivity index (χ3n) is 3.97. The van der Waals surface area contributed by atoms with Crippen LogP contribution < -0.4 is 5.32 Å². The highest BCUT2D eigenvalue weighted by Crippen LogP contribution is 2.23. The minimum absolute atomic E-state index is 0.00222. The van der Waals surface area contributed by atoms with Crippen molar-refractivity contribution in [2.24, 2.45) is 5.92 Å². The van der Waals surface area contributed by atoms with E-state index in [1.807, 2.05) is 0 Å². The molecular formula is C15H20N2O3. The van der Waals surface area contributed by atoms with Crippen LogP contribution in [0.1, 0.15) is 38.2 Å². The zero-order chi connectivity index (χ0) is 14.5. The van der Waals surface area contributed by atoms with Gasteiger partial charge in [0.25, 0.3) is 5.69 Å². The minimum atomic E-state index is -0.437. The Morgan fingerprint density at radius 3 is 2.55 bits per heavy atom. The SMILES string of the molecule is CC1CCCCC1NC(=O)Cc1ccc([N+](=O)[O-])cc1. The van der Waals surface area contributed by atoms with Crippen molar-refractivity contribution in [2.75, 3.05) is 0 Å². The number of nitro benzene ring substituents is 1. The van der Waals surface area contributed by atoms with Crippen LogP contribution >= 0.6 is 0 Å². The third-order valence-corrected chi connectivity index (χ3v) is 3.97. The normalized spacial score (nSPS) is 22.2. The molecule has 1 aliphatic carbocycles. The van der Waals surface area contributed by atoms with Gasteiger partial charge in [-0.2, -0.15) is 0 Å². The summed E-state index contributed by atoms with van der Waals surface area (Å²) in [6.07, 6.45) is 4.92. The smallest absolute Gasteiger partial charge is 0.269 e. The molecule has 1 amide bonds. The quantitative estimate of drug-likeness (QED) is 0.679. The first-order valence-electron chi connectivity index (χ1n) is 7.09. The van der Waals surface area contributed by atoms with Gasteiger partial charge in [-0.1, -0.05) is 31.9 Å². The van der Waals surface area contributed by atoms with E-state index in [1.165, 1.54) is 31.4 Å². The molecule has 0 bridgehead atoms. The molecule has 1 aliphatic rings. The summed E-state index contributed by atoms with van der Waals surface area (Å²) in [6, 6.07) is 6.43. The van der Waals surface area contributed by atoms with Crippen molar-refractivity contribution in [3.05, 3.63) is 39.9 Å². The molecule has 2 atom stereocenters. The van der Waals surface area contributed by atoms with E-state index in [9.17, 15) is 14.9 Å². The molecule has 1 fully saturated rings. The topological polar surface area (TPSA) is 72.2 Å². The highest BCUT2D eigenvalue weighted by molar-refractivity contribution is 5.79. The Bertz CT molecular complexity index is 484. The predicted molar refractivity (Wildman–Crippen MR) is 76.4 cm³/mol. The van der Waals surface area contributed by atoms with Crippen LogP contribution in [0.25, 0.3) is 0 Å². The van der Waals surface area contributed by atoms with Crippen molar-refractivity contribution in [3.8, 4) is 0 Å². The molecular weight excluding hydrogens is 256 g/mol. The van der Waals surface area contributed by atoms with Crippen LogP contribution in [0, 0.1) is 16.0 Å². The number of non-ortho nitro benzene ring substituents is 1. The van der Waals surface area contributed by atoms with E-state index in [0.717, 1.165) is 12.0 Å². The Balaban J connectivity index is 1.89. The van der Waals surface area contributed by atoms with Gasteiger partial charge in [-0.15, -0.1) is 0 Å². The highest BCUT2D eigenvalue weighted by atomic mass is 16.6. The summed E-state index contributed by atoms with van der Waals surface area (Å²) in [5.74, 6) is 0.530. The summed E-state index contributed by atoms with van der Waals surface area (Å²) in [7, 11) is 0. The average Bonchev–Trinajstić information content (AvgIpc) is 2.42. The summed E-state index contributed by atoms with van der Waals surface area (Å²) < 4.78 is 0. The second-order valence-corrected chi connectivity index (χ2v) is 5.54. The summed E-state index contributed by atoms with van der Waals surface area (Å²) in [5.41, 5.74) is 0.853. The lowest BCUT2D eigenvalue weighted by Gasteiger charge is -2.29. The maximum Gasteiger partial charge on any atom is 0.269 e. The maximum atomic E-state index is 12.0. The molecule has 0 heterocycles. The first kappa shape index (κ1) is 14.5. The zero-order valence-electron chi connectivity index (χ0n) is 11.7. The average molecular weight is 276 g/mol. The van der Waals surface area contributed by atoms with Crippen molar-refractivity contribution in [3.63, 3.8) is 0 Å². The molecule has 0 aliphatic heterocycles. The largest absolute Gasteiger partial charge is 0.353 e. The van der Waals surface area contributed by atoms with Gasteiger partial charge in [-0.3, -0.25) is 14.9 Å². The summed E-state index contributed by atoms with van der Waals surface area (Å²) in [6.45, 7) is 2.18. The number of benzene rings is 1. The standard InChI is InChI=1S/C15H20N2O3/c1-11-4-2-3-5-14(11)16-15(18)10-12-6-8-13(9-7-12)17(19)20/h6-9,11,14H,2-5,10H2,1H3,(H,16,18). The number of nitrogens with one attached hydrogen (secondary N) is 1. The van der Waals surface area contributed by atoms with Gasteiger partial charge in [-0.25, -0.2) is 0 Å². The van der Waals surface area contributed by atoms with Crippen LogP contribution in [0.4, 0.5) is 5.69 Å². The van der Waals surface area contributed by atoms with Crippen LogP contribution in [0.3, 0.4) is 0 Å². The van der Waals surface area contributed by atoms with E-state index in [2.05, 4.69) is 12.2 Å². The second kappa shape index (κ2) is 6.50. The summed E-state index contributed by atoms with van der Waals surface area (Å²) in [5, 5.41) is 13.6.